The van der Waals surface area contributed by atoms with Gasteiger partial charge in [0.15, 0.2) is 5.78 Å². The van der Waals surface area contributed by atoms with Crippen LogP contribution in [0.1, 0.15) is 25.3 Å². The average molecular weight is 237 g/mol. The van der Waals surface area contributed by atoms with Gasteiger partial charge in [-0.2, -0.15) is 0 Å². The lowest BCUT2D eigenvalue weighted by atomic mass is 9.85. The van der Waals surface area contributed by atoms with Gasteiger partial charge in [0.1, 0.15) is 5.60 Å². The molecule has 16 heavy (non-hydrogen) atoms. The Balaban J connectivity index is 2.42. The zero-order valence-corrected chi connectivity index (χ0v) is 9.83. The predicted octanol–water partition coefficient (Wildman–Crippen LogP) is 3.45. The van der Waals surface area contributed by atoms with Crippen LogP contribution in [0.2, 0.25) is 5.02 Å². The van der Waals surface area contributed by atoms with Crippen molar-refractivity contribution in [2.45, 2.75) is 25.4 Å². The van der Waals surface area contributed by atoms with Gasteiger partial charge in [-0.3, -0.25) is 4.79 Å². The highest BCUT2D eigenvalue weighted by molar-refractivity contribution is 6.30. The number of hydrogen-bond donors (Lipinski definition) is 0. The molecule has 0 aliphatic carbocycles. The molecule has 2 nitrogen and oxygen atoms in total. The van der Waals surface area contributed by atoms with Gasteiger partial charge in [0.25, 0.3) is 0 Å². The van der Waals surface area contributed by atoms with E-state index in [1.807, 2.05) is 31.2 Å². The van der Waals surface area contributed by atoms with E-state index in [-0.39, 0.29) is 5.78 Å². The van der Waals surface area contributed by atoms with Crippen LogP contribution in [0.4, 0.5) is 0 Å². The molecule has 1 aromatic carbocycles. The van der Waals surface area contributed by atoms with E-state index in [0.29, 0.717) is 11.4 Å². The number of benzene rings is 1. The normalized spacial score (nSPS) is 24.2. The third-order valence-corrected chi connectivity index (χ3v) is 3.16. The Morgan fingerprint density at radius 1 is 1.50 bits per heavy atom. The SMILES string of the molecule is CCC1(c2cccc(Cl)c2)CC(=O)C=CO1. The number of halogens is 1. The molecule has 0 bridgehead atoms. The molecule has 0 amide bonds. The van der Waals surface area contributed by atoms with Gasteiger partial charge in [-0.15, -0.1) is 0 Å². The van der Waals surface area contributed by atoms with Crippen molar-refractivity contribution in [2.75, 3.05) is 0 Å². The average Bonchev–Trinajstić information content (AvgIpc) is 2.29. The molecule has 1 unspecified atom stereocenters. The van der Waals surface area contributed by atoms with Crippen molar-refractivity contribution in [3.63, 3.8) is 0 Å². The highest BCUT2D eigenvalue weighted by atomic mass is 35.5. The molecule has 3 heteroatoms. The summed E-state index contributed by atoms with van der Waals surface area (Å²) in [6, 6.07) is 7.50. The van der Waals surface area contributed by atoms with E-state index < -0.39 is 5.60 Å². The molecule has 0 aromatic heterocycles. The van der Waals surface area contributed by atoms with Gasteiger partial charge in [-0.25, -0.2) is 0 Å². The lowest BCUT2D eigenvalue weighted by molar-refractivity contribution is -0.123. The second-order valence-electron chi connectivity index (χ2n) is 3.92. The largest absolute Gasteiger partial charge is 0.490 e. The molecule has 0 spiro atoms. The van der Waals surface area contributed by atoms with Crippen LogP contribution in [0, 0.1) is 0 Å². The summed E-state index contributed by atoms with van der Waals surface area (Å²) >= 11 is 5.96. The second-order valence-corrected chi connectivity index (χ2v) is 4.36. The van der Waals surface area contributed by atoms with Crippen LogP contribution in [0.5, 0.6) is 0 Å². The van der Waals surface area contributed by atoms with Crippen LogP contribution in [-0.2, 0) is 15.1 Å². The number of allylic oxidation sites excluding steroid dienone is 1. The Morgan fingerprint density at radius 2 is 2.31 bits per heavy atom. The third kappa shape index (κ3) is 1.98. The van der Waals surface area contributed by atoms with Crippen LogP contribution in [-0.4, -0.2) is 5.78 Å². The summed E-state index contributed by atoms with van der Waals surface area (Å²) in [7, 11) is 0. The van der Waals surface area contributed by atoms with Gasteiger partial charge in [0.05, 0.1) is 12.7 Å². The van der Waals surface area contributed by atoms with Gasteiger partial charge in [-0.1, -0.05) is 30.7 Å². The Hall–Kier alpha value is -1.28. The van der Waals surface area contributed by atoms with E-state index in [1.54, 1.807) is 0 Å². The second kappa shape index (κ2) is 4.30. The summed E-state index contributed by atoms with van der Waals surface area (Å²) in [5.74, 6) is 0.0908. The topological polar surface area (TPSA) is 26.3 Å². The van der Waals surface area contributed by atoms with Gasteiger partial charge in [0.2, 0.25) is 0 Å². The molecule has 0 radical (unpaired) electrons. The number of carbonyl (C=O) groups excluding carboxylic acids is 1. The highest BCUT2D eigenvalue weighted by Crippen LogP contribution is 2.36. The molecule has 1 aliphatic heterocycles. The maximum Gasteiger partial charge on any atom is 0.163 e. The maximum atomic E-state index is 11.5. The fourth-order valence-electron chi connectivity index (χ4n) is 1.98. The number of ketones is 1. The van der Waals surface area contributed by atoms with Crippen LogP contribution < -0.4 is 0 Å². The monoisotopic (exact) mass is 236 g/mol. The molecule has 1 aromatic rings. The Labute approximate surface area is 99.9 Å². The van der Waals surface area contributed by atoms with Crippen LogP contribution >= 0.6 is 11.6 Å². The van der Waals surface area contributed by atoms with Gasteiger partial charge < -0.3 is 4.74 Å². The Morgan fingerprint density at radius 3 is 2.94 bits per heavy atom. The van der Waals surface area contributed by atoms with E-state index in [4.69, 9.17) is 16.3 Å². The first-order valence-corrected chi connectivity index (χ1v) is 5.67. The van der Waals surface area contributed by atoms with Crippen molar-refractivity contribution in [3.05, 3.63) is 47.2 Å². The van der Waals surface area contributed by atoms with Gasteiger partial charge in [0, 0.05) is 11.1 Å². The highest BCUT2D eigenvalue weighted by Gasteiger charge is 2.35. The zero-order chi connectivity index (χ0) is 11.6. The first-order chi connectivity index (χ1) is 7.66. The van der Waals surface area contributed by atoms with E-state index in [2.05, 4.69) is 0 Å². The van der Waals surface area contributed by atoms with E-state index in [1.165, 1.54) is 12.3 Å². The molecule has 0 fully saturated rings. The van der Waals surface area contributed by atoms with Crippen LogP contribution in [0.3, 0.4) is 0 Å². The molecule has 0 N–H and O–H groups in total. The first kappa shape index (κ1) is 11.2. The van der Waals surface area contributed by atoms with Crippen molar-refractivity contribution in [2.24, 2.45) is 0 Å². The van der Waals surface area contributed by atoms with Crippen molar-refractivity contribution in [3.8, 4) is 0 Å². The Kier molecular flexibility index (Phi) is 3.01. The van der Waals surface area contributed by atoms with E-state index in [9.17, 15) is 4.79 Å². The quantitative estimate of drug-likeness (QED) is 0.786. The summed E-state index contributed by atoms with van der Waals surface area (Å²) in [6.45, 7) is 2.01. The molecule has 0 saturated heterocycles. The molecule has 1 atom stereocenters. The fourth-order valence-corrected chi connectivity index (χ4v) is 2.17. The lowest BCUT2D eigenvalue weighted by Crippen LogP contribution is -2.32. The standard InChI is InChI=1S/C13H13ClO2/c1-2-13(9-12(15)6-7-16-13)10-4-3-5-11(14)8-10/h3-8H,2,9H2,1H3. The molecule has 84 valence electrons. The zero-order valence-electron chi connectivity index (χ0n) is 9.07. The third-order valence-electron chi connectivity index (χ3n) is 2.93. The number of carbonyl (C=O) groups is 1. The summed E-state index contributed by atoms with van der Waals surface area (Å²) in [4.78, 5) is 11.5. The van der Waals surface area contributed by atoms with Crippen molar-refractivity contribution in [1.29, 1.82) is 0 Å². The summed E-state index contributed by atoms with van der Waals surface area (Å²) in [5, 5.41) is 0.663. The van der Waals surface area contributed by atoms with Crippen molar-refractivity contribution >= 4 is 17.4 Å². The molecule has 1 heterocycles. The van der Waals surface area contributed by atoms with E-state index in [0.717, 1.165) is 12.0 Å². The van der Waals surface area contributed by atoms with Crippen molar-refractivity contribution < 1.29 is 9.53 Å². The lowest BCUT2D eigenvalue weighted by Gasteiger charge is -2.34. The minimum atomic E-state index is -0.545. The minimum absolute atomic E-state index is 0.0908. The maximum absolute atomic E-state index is 11.5. The minimum Gasteiger partial charge on any atom is -0.490 e. The fraction of sp³-hybridized carbons (Fsp3) is 0.308. The van der Waals surface area contributed by atoms with Gasteiger partial charge >= 0.3 is 0 Å². The van der Waals surface area contributed by atoms with E-state index >= 15 is 0 Å². The summed E-state index contributed by atoms with van der Waals surface area (Å²) < 4.78 is 5.67. The van der Waals surface area contributed by atoms with Crippen molar-refractivity contribution in [1.82, 2.24) is 0 Å². The Bertz CT molecular complexity index is 439. The molecular formula is C13H13ClO2. The molecular weight excluding hydrogens is 224 g/mol. The number of ether oxygens (including phenoxy) is 1. The van der Waals surface area contributed by atoms with Crippen LogP contribution in [0.15, 0.2) is 36.6 Å². The molecule has 2 rings (SSSR count). The summed E-state index contributed by atoms with van der Waals surface area (Å²) in [6.07, 6.45) is 4.07. The van der Waals surface area contributed by atoms with Gasteiger partial charge in [-0.05, 0) is 24.1 Å². The molecule has 1 aliphatic rings. The van der Waals surface area contributed by atoms with Crippen LogP contribution in [0.25, 0.3) is 0 Å². The molecule has 0 saturated carbocycles. The number of rotatable bonds is 2. The smallest absolute Gasteiger partial charge is 0.163 e. The predicted molar refractivity (Wildman–Crippen MR) is 63.3 cm³/mol. The first-order valence-electron chi connectivity index (χ1n) is 5.29. The summed E-state index contributed by atoms with van der Waals surface area (Å²) in [5.41, 5.74) is 0.414. The number of hydrogen-bond acceptors (Lipinski definition) is 2.